The molecule has 0 bridgehead atoms. The molecule has 0 aromatic carbocycles. The van der Waals surface area contributed by atoms with Crippen LogP contribution in [0.3, 0.4) is 0 Å². The number of nitrogens with zero attached hydrogens (tertiary/aromatic N) is 4. The van der Waals surface area contributed by atoms with Crippen molar-refractivity contribution in [2.45, 2.75) is 38.6 Å². The molecule has 7 heteroatoms. The van der Waals surface area contributed by atoms with E-state index in [1.807, 2.05) is 11.6 Å². The molecule has 21 heavy (non-hydrogen) atoms. The molecule has 6 nitrogen and oxygen atoms in total. The Morgan fingerprint density at radius 3 is 3.14 bits per heavy atom. The monoisotopic (exact) mass is 308 g/mol. The number of fused-ring (bicyclic) bond motifs is 1. The molecule has 0 amide bonds. The first-order chi connectivity index (χ1) is 10.2. The Morgan fingerprint density at radius 1 is 1.48 bits per heavy atom. The number of carbonyl (C=O) groups excluding carboxylic acids is 1. The summed E-state index contributed by atoms with van der Waals surface area (Å²) in [5, 5.41) is 5.47. The molecular weight excluding hydrogens is 292 g/mol. The SMILES string of the molecule is CCOC(=O)[C@H]1CCC[C@@H](n2ncc3cnc(Cl)nc32)C1. The van der Waals surface area contributed by atoms with E-state index in [1.165, 1.54) is 0 Å². The predicted octanol–water partition coefficient (Wildman–Crippen LogP) is 2.77. The van der Waals surface area contributed by atoms with Crippen molar-refractivity contribution in [1.29, 1.82) is 0 Å². The largest absolute Gasteiger partial charge is 0.466 e. The highest BCUT2D eigenvalue weighted by molar-refractivity contribution is 6.28. The number of hydrogen-bond acceptors (Lipinski definition) is 5. The van der Waals surface area contributed by atoms with Crippen LogP contribution in [-0.4, -0.2) is 32.3 Å². The molecule has 2 atom stereocenters. The van der Waals surface area contributed by atoms with Gasteiger partial charge in [0.1, 0.15) is 0 Å². The number of esters is 1. The molecule has 1 aliphatic rings. The van der Waals surface area contributed by atoms with Crippen LogP contribution in [-0.2, 0) is 9.53 Å². The second-order valence-corrected chi connectivity index (χ2v) is 5.61. The maximum atomic E-state index is 11.9. The summed E-state index contributed by atoms with van der Waals surface area (Å²) in [7, 11) is 0. The summed E-state index contributed by atoms with van der Waals surface area (Å²) in [6.07, 6.45) is 6.98. The number of carbonyl (C=O) groups is 1. The van der Waals surface area contributed by atoms with E-state index in [0.29, 0.717) is 6.61 Å². The fourth-order valence-corrected chi connectivity index (χ4v) is 3.07. The van der Waals surface area contributed by atoms with Gasteiger partial charge in [0.2, 0.25) is 5.28 Å². The fourth-order valence-electron chi connectivity index (χ4n) is 2.94. The van der Waals surface area contributed by atoms with E-state index in [9.17, 15) is 4.79 Å². The van der Waals surface area contributed by atoms with Crippen LogP contribution < -0.4 is 0 Å². The number of halogens is 1. The summed E-state index contributed by atoms with van der Waals surface area (Å²) >= 11 is 5.87. The molecule has 2 aromatic rings. The van der Waals surface area contributed by atoms with Crippen molar-refractivity contribution in [3.05, 3.63) is 17.7 Å². The summed E-state index contributed by atoms with van der Waals surface area (Å²) in [6, 6.07) is 0.150. The normalized spacial score (nSPS) is 22.4. The summed E-state index contributed by atoms with van der Waals surface area (Å²) in [6.45, 7) is 2.26. The highest BCUT2D eigenvalue weighted by atomic mass is 35.5. The Labute approximate surface area is 127 Å². The molecule has 0 radical (unpaired) electrons. The first-order valence-electron chi connectivity index (χ1n) is 7.21. The molecular formula is C14H17ClN4O2. The van der Waals surface area contributed by atoms with Gasteiger partial charge in [0.25, 0.3) is 0 Å². The van der Waals surface area contributed by atoms with Gasteiger partial charge in [-0.2, -0.15) is 10.1 Å². The first-order valence-corrected chi connectivity index (χ1v) is 7.59. The highest BCUT2D eigenvalue weighted by Crippen LogP contribution is 2.34. The van der Waals surface area contributed by atoms with Gasteiger partial charge in [0, 0.05) is 6.20 Å². The zero-order chi connectivity index (χ0) is 14.8. The topological polar surface area (TPSA) is 69.9 Å². The van der Waals surface area contributed by atoms with E-state index < -0.39 is 0 Å². The summed E-state index contributed by atoms with van der Waals surface area (Å²) < 4.78 is 7.01. The zero-order valence-electron chi connectivity index (χ0n) is 11.8. The van der Waals surface area contributed by atoms with E-state index in [2.05, 4.69) is 15.1 Å². The molecule has 0 unspecified atom stereocenters. The average molecular weight is 309 g/mol. The molecule has 2 aromatic heterocycles. The number of aromatic nitrogens is 4. The van der Waals surface area contributed by atoms with Crippen molar-refractivity contribution in [2.24, 2.45) is 5.92 Å². The number of rotatable bonds is 3. The Kier molecular flexibility index (Phi) is 4.05. The fraction of sp³-hybridized carbons (Fsp3) is 0.571. The van der Waals surface area contributed by atoms with Crippen LogP contribution in [0, 0.1) is 5.92 Å². The summed E-state index contributed by atoms with van der Waals surface area (Å²) in [4.78, 5) is 20.1. The summed E-state index contributed by atoms with van der Waals surface area (Å²) in [5.74, 6) is -0.161. The number of hydrogen-bond donors (Lipinski definition) is 0. The van der Waals surface area contributed by atoms with Gasteiger partial charge in [-0.25, -0.2) is 9.67 Å². The molecule has 3 rings (SSSR count). The minimum Gasteiger partial charge on any atom is -0.466 e. The third-order valence-electron chi connectivity index (χ3n) is 3.92. The van der Waals surface area contributed by atoms with Crippen LogP contribution in [0.1, 0.15) is 38.6 Å². The van der Waals surface area contributed by atoms with Crippen molar-refractivity contribution in [1.82, 2.24) is 19.7 Å². The van der Waals surface area contributed by atoms with Crippen molar-refractivity contribution in [2.75, 3.05) is 6.61 Å². The molecule has 0 N–H and O–H groups in total. The van der Waals surface area contributed by atoms with Crippen LogP contribution >= 0.6 is 11.6 Å². The quantitative estimate of drug-likeness (QED) is 0.644. The lowest BCUT2D eigenvalue weighted by molar-refractivity contribution is -0.149. The smallest absolute Gasteiger partial charge is 0.308 e. The predicted molar refractivity (Wildman–Crippen MR) is 78.0 cm³/mol. The van der Waals surface area contributed by atoms with Crippen LogP contribution in [0.4, 0.5) is 0 Å². The van der Waals surface area contributed by atoms with Crippen LogP contribution in [0.5, 0.6) is 0 Å². The Morgan fingerprint density at radius 2 is 2.33 bits per heavy atom. The Hall–Kier alpha value is -1.69. The standard InChI is InChI=1S/C14H17ClN4O2/c1-2-21-13(20)9-4-3-5-11(6-9)19-12-10(8-17-19)7-16-14(15)18-12/h7-9,11H,2-6H2,1H3/t9-,11+/m0/s1. The van der Waals surface area contributed by atoms with Crippen molar-refractivity contribution in [3.63, 3.8) is 0 Å². The van der Waals surface area contributed by atoms with E-state index >= 15 is 0 Å². The van der Waals surface area contributed by atoms with E-state index in [0.717, 1.165) is 36.7 Å². The summed E-state index contributed by atoms with van der Waals surface area (Å²) in [5.41, 5.74) is 0.726. The molecule has 0 spiro atoms. The van der Waals surface area contributed by atoms with Crippen molar-refractivity contribution in [3.8, 4) is 0 Å². The molecule has 112 valence electrons. The van der Waals surface area contributed by atoms with E-state index in [4.69, 9.17) is 16.3 Å². The van der Waals surface area contributed by atoms with Gasteiger partial charge < -0.3 is 4.74 Å². The Bertz CT molecular complexity index is 657. The molecule has 0 saturated heterocycles. The van der Waals surface area contributed by atoms with Gasteiger partial charge in [-0.05, 0) is 37.8 Å². The maximum absolute atomic E-state index is 11.9. The maximum Gasteiger partial charge on any atom is 0.308 e. The minimum absolute atomic E-state index is 0.0553. The van der Waals surface area contributed by atoms with Gasteiger partial charge in [-0.15, -0.1) is 0 Å². The molecule has 0 aliphatic heterocycles. The third-order valence-corrected chi connectivity index (χ3v) is 4.10. The molecule has 1 saturated carbocycles. The van der Waals surface area contributed by atoms with Gasteiger partial charge in [0.15, 0.2) is 5.65 Å². The van der Waals surface area contributed by atoms with Crippen LogP contribution in [0.15, 0.2) is 12.4 Å². The second kappa shape index (κ2) is 5.97. The van der Waals surface area contributed by atoms with Gasteiger partial charge in [-0.1, -0.05) is 6.42 Å². The lowest BCUT2D eigenvalue weighted by Gasteiger charge is -2.28. The second-order valence-electron chi connectivity index (χ2n) is 5.28. The lowest BCUT2D eigenvalue weighted by Crippen LogP contribution is -2.27. The first kappa shape index (κ1) is 14.3. The van der Waals surface area contributed by atoms with Crippen LogP contribution in [0.2, 0.25) is 5.28 Å². The molecule has 1 fully saturated rings. The molecule has 1 aliphatic carbocycles. The van der Waals surface area contributed by atoms with Gasteiger partial charge in [-0.3, -0.25) is 4.79 Å². The zero-order valence-corrected chi connectivity index (χ0v) is 12.6. The van der Waals surface area contributed by atoms with Crippen molar-refractivity contribution >= 4 is 28.6 Å². The van der Waals surface area contributed by atoms with E-state index in [-0.39, 0.29) is 23.2 Å². The Balaban J connectivity index is 1.85. The van der Waals surface area contributed by atoms with E-state index in [1.54, 1.807) is 12.4 Å². The average Bonchev–Trinajstić information content (AvgIpc) is 2.90. The van der Waals surface area contributed by atoms with Crippen LogP contribution in [0.25, 0.3) is 11.0 Å². The highest BCUT2D eigenvalue weighted by Gasteiger charge is 2.30. The van der Waals surface area contributed by atoms with Gasteiger partial charge in [0.05, 0.1) is 30.1 Å². The molecule has 2 heterocycles. The lowest BCUT2D eigenvalue weighted by atomic mass is 9.86. The minimum atomic E-state index is -0.105. The third kappa shape index (κ3) is 2.85. The van der Waals surface area contributed by atoms with Crippen molar-refractivity contribution < 1.29 is 9.53 Å². The number of ether oxygens (including phenoxy) is 1. The van der Waals surface area contributed by atoms with Gasteiger partial charge >= 0.3 is 5.97 Å².